The predicted molar refractivity (Wildman–Crippen MR) is 105 cm³/mol. The van der Waals surface area contributed by atoms with Gasteiger partial charge in [-0.2, -0.15) is 0 Å². The second kappa shape index (κ2) is 7.82. The molecule has 29 heavy (non-hydrogen) atoms. The van der Waals surface area contributed by atoms with Gasteiger partial charge in [-0.1, -0.05) is 41.8 Å². The molecule has 0 unspecified atom stereocenters. The van der Waals surface area contributed by atoms with Crippen molar-refractivity contribution in [1.82, 2.24) is 30.5 Å². The van der Waals surface area contributed by atoms with Crippen LogP contribution in [0.2, 0.25) is 5.02 Å². The largest absolute Gasteiger partial charge is 0.351 e. The minimum atomic E-state index is -0.697. The lowest BCUT2D eigenvalue weighted by Gasteiger charge is -2.20. The van der Waals surface area contributed by atoms with Crippen molar-refractivity contribution in [3.05, 3.63) is 41.2 Å². The van der Waals surface area contributed by atoms with E-state index in [-0.39, 0.29) is 30.1 Å². The van der Waals surface area contributed by atoms with Crippen molar-refractivity contribution in [1.29, 1.82) is 0 Å². The maximum absolute atomic E-state index is 12.6. The zero-order chi connectivity index (χ0) is 20.4. The normalized spacial score (nSPS) is 17.8. The third-order valence-electron chi connectivity index (χ3n) is 5.37. The molecular formula is C19H21ClN6O3. The lowest BCUT2D eigenvalue weighted by atomic mass is 9.98. The number of carbonyl (C=O) groups is 3. The van der Waals surface area contributed by atoms with Gasteiger partial charge in [-0.15, -0.1) is 5.10 Å². The van der Waals surface area contributed by atoms with Gasteiger partial charge in [0.1, 0.15) is 5.54 Å². The lowest BCUT2D eigenvalue weighted by molar-refractivity contribution is -0.131. The van der Waals surface area contributed by atoms with E-state index in [0.717, 1.165) is 12.8 Å². The summed E-state index contributed by atoms with van der Waals surface area (Å²) in [4.78, 5) is 38.3. The number of nitrogens with one attached hydrogen (secondary N) is 2. The summed E-state index contributed by atoms with van der Waals surface area (Å²) in [6.45, 7) is 0.570. The van der Waals surface area contributed by atoms with Crippen LogP contribution in [0.15, 0.2) is 30.5 Å². The first-order chi connectivity index (χ1) is 14.0. The zero-order valence-corrected chi connectivity index (χ0v) is 16.5. The van der Waals surface area contributed by atoms with E-state index >= 15 is 0 Å². The summed E-state index contributed by atoms with van der Waals surface area (Å²) < 4.78 is 1.44. The van der Waals surface area contributed by atoms with Gasteiger partial charge in [-0.05, 0) is 31.4 Å². The summed E-state index contributed by atoms with van der Waals surface area (Å²) in [5.41, 5.74) is 0.0855. The first-order valence-corrected chi connectivity index (χ1v) is 9.97. The number of hydrogen-bond acceptors (Lipinski definition) is 5. The second-order valence-corrected chi connectivity index (χ2v) is 7.69. The Morgan fingerprint density at radius 3 is 2.76 bits per heavy atom. The van der Waals surface area contributed by atoms with Gasteiger partial charge in [-0.25, -0.2) is 9.48 Å². The first-order valence-electron chi connectivity index (χ1n) is 9.60. The zero-order valence-electron chi connectivity index (χ0n) is 15.7. The summed E-state index contributed by atoms with van der Waals surface area (Å²) in [6, 6.07) is 6.77. The van der Waals surface area contributed by atoms with Crippen molar-refractivity contribution in [3.63, 3.8) is 0 Å². The molecule has 0 radical (unpaired) electrons. The van der Waals surface area contributed by atoms with E-state index in [0.29, 0.717) is 36.5 Å². The molecule has 2 fully saturated rings. The number of halogens is 1. The number of imide groups is 1. The summed E-state index contributed by atoms with van der Waals surface area (Å²) >= 11 is 6.13. The van der Waals surface area contributed by atoms with E-state index in [1.807, 2.05) is 6.07 Å². The van der Waals surface area contributed by atoms with Crippen LogP contribution in [0.3, 0.4) is 0 Å². The molecule has 4 amide bonds. The van der Waals surface area contributed by atoms with Crippen molar-refractivity contribution < 1.29 is 14.4 Å². The molecule has 1 aliphatic carbocycles. The van der Waals surface area contributed by atoms with Gasteiger partial charge in [0.15, 0.2) is 5.69 Å². The fourth-order valence-electron chi connectivity index (χ4n) is 3.85. The molecule has 0 atom stereocenters. The maximum atomic E-state index is 12.6. The van der Waals surface area contributed by atoms with Crippen LogP contribution in [0.5, 0.6) is 0 Å². The van der Waals surface area contributed by atoms with Gasteiger partial charge in [-0.3, -0.25) is 14.5 Å². The fourth-order valence-corrected chi connectivity index (χ4v) is 4.07. The third kappa shape index (κ3) is 3.69. The van der Waals surface area contributed by atoms with Crippen molar-refractivity contribution in [2.45, 2.75) is 37.6 Å². The second-order valence-electron chi connectivity index (χ2n) is 7.29. The average Bonchev–Trinajstić information content (AvgIpc) is 3.42. The highest BCUT2D eigenvalue weighted by molar-refractivity contribution is 6.32. The Balaban J connectivity index is 1.28. The van der Waals surface area contributed by atoms with Crippen LogP contribution < -0.4 is 10.6 Å². The smallest absolute Gasteiger partial charge is 0.325 e. The van der Waals surface area contributed by atoms with Crippen LogP contribution in [0.1, 0.15) is 42.6 Å². The molecule has 2 aliphatic rings. The number of aromatic nitrogens is 3. The monoisotopic (exact) mass is 416 g/mol. The topological polar surface area (TPSA) is 109 Å². The van der Waals surface area contributed by atoms with E-state index in [4.69, 9.17) is 11.6 Å². The van der Waals surface area contributed by atoms with Gasteiger partial charge in [0.2, 0.25) is 0 Å². The molecule has 1 saturated heterocycles. The molecule has 152 valence electrons. The molecule has 2 N–H and O–H groups in total. The van der Waals surface area contributed by atoms with E-state index < -0.39 is 5.54 Å². The molecule has 9 nitrogen and oxygen atoms in total. The Hall–Kier alpha value is -2.94. The molecule has 2 aromatic rings. The summed E-state index contributed by atoms with van der Waals surface area (Å²) in [5, 5.41) is 13.9. The Morgan fingerprint density at radius 2 is 2.00 bits per heavy atom. The molecule has 1 aliphatic heterocycles. The molecule has 1 spiro atoms. The minimum Gasteiger partial charge on any atom is -0.351 e. The molecule has 4 rings (SSSR count). The van der Waals surface area contributed by atoms with Crippen LogP contribution in [-0.4, -0.2) is 56.4 Å². The van der Waals surface area contributed by atoms with Gasteiger partial charge in [0.05, 0.1) is 16.9 Å². The van der Waals surface area contributed by atoms with Gasteiger partial charge >= 0.3 is 6.03 Å². The Morgan fingerprint density at radius 1 is 1.24 bits per heavy atom. The highest BCUT2D eigenvalue weighted by Crippen LogP contribution is 2.34. The van der Waals surface area contributed by atoms with Crippen molar-refractivity contribution in [2.24, 2.45) is 0 Å². The number of benzene rings is 1. The standard InChI is InChI=1S/C19H21ClN6O3/c20-13-6-1-2-7-15(13)26-12-14(23-24-26)16(27)21-10-5-11-25-17(28)19(22-18(25)29)8-3-4-9-19/h1-2,6-7,12H,3-5,8-11H2,(H,21,27)(H,22,29). The Labute approximate surface area is 172 Å². The third-order valence-corrected chi connectivity index (χ3v) is 5.69. The average molecular weight is 417 g/mol. The summed E-state index contributed by atoms with van der Waals surface area (Å²) in [5.74, 6) is -0.526. The molecule has 1 aromatic carbocycles. The summed E-state index contributed by atoms with van der Waals surface area (Å²) in [7, 11) is 0. The number of para-hydroxylation sites is 1. The molecule has 1 aromatic heterocycles. The van der Waals surface area contributed by atoms with Crippen molar-refractivity contribution in [2.75, 3.05) is 13.1 Å². The number of rotatable bonds is 6. The van der Waals surface area contributed by atoms with Crippen LogP contribution >= 0.6 is 11.6 Å². The van der Waals surface area contributed by atoms with Crippen LogP contribution in [-0.2, 0) is 4.79 Å². The quantitative estimate of drug-likeness (QED) is 0.552. The van der Waals surface area contributed by atoms with E-state index in [9.17, 15) is 14.4 Å². The Kier molecular flexibility index (Phi) is 5.23. The molecule has 0 bridgehead atoms. The number of carbonyl (C=O) groups excluding carboxylic acids is 3. The SMILES string of the molecule is O=C(NCCCN1C(=O)NC2(CCCC2)C1=O)c1cn(-c2ccccc2Cl)nn1. The van der Waals surface area contributed by atoms with Crippen LogP contribution in [0, 0.1) is 0 Å². The number of nitrogens with zero attached hydrogens (tertiary/aromatic N) is 4. The predicted octanol–water partition coefficient (Wildman–Crippen LogP) is 1.91. The lowest BCUT2D eigenvalue weighted by Crippen LogP contribution is -2.44. The van der Waals surface area contributed by atoms with Crippen molar-refractivity contribution in [3.8, 4) is 5.69 Å². The Bertz CT molecular complexity index is 953. The van der Waals surface area contributed by atoms with E-state index in [2.05, 4.69) is 20.9 Å². The molecular weight excluding hydrogens is 396 g/mol. The number of hydrogen-bond donors (Lipinski definition) is 2. The first kappa shape index (κ1) is 19.4. The van der Waals surface area contributed by atoms with Crippen LogP contribution in [0.4, 0.5) is 4.79 Å². The van der Waals surface area contributed by atoms with Gasteiger partial charge in [0, 0.05) is 13.1 Å². The van der Waals surface area contributed by atoms with E-state index in [1.165, 1.54) is 15.8 Å². The maximum Gasteiger partial charge on any atom is 0.325 e. The number of urea groups is 1. The van der Waals surface area contributed by atoms with Crippen molar-refractivity contribution >= 4 is 29.4 Å². The summed E-state index contributed by atoms with van der Waals surface area (Å²) in [6.07, 6.45) is 5.25. The highest BCUT2D eigenvalue weighted by Gasteiger charge is 2.51. The van der Waals surface area contributed by atoms with Gasteiger partial charge in [0.25, 0.3) is 11.8 Å². The van der Waals surface area contributed by atoms with E-state index in [1.54, 1.807) is 18.2 Å². The van der Waals surface area contributed by atoms with Gasteiger partial charge < -0.3 is 10.6 Å². The molecule has 1 saturated carbocycles. The highest BCUT2D eigenvalue weighted by atomic mass is 35.5. The molecule has 2 heterocycles. The number of amides is 4. The molecule has 10 heteroatoms. The minimum absolute atomic E-state index is 0.144. The fraction of sp³-hybridized carbons (Fsp3) is 0.421. The van der Waals surface area contributed by atoms with Crippen LogP contribution in [0.25, 0.3) is 5.69 Å².